The minimum Gasteiger partial charge on any atom is -0.385 e. The van der Waals surface area contributed by atoms with E-state index in [4.69, 9.17) is 14.2 Å². The molecule has 3 heteroatoms. The lowest BCUT2D eigenvalue weighted by molar-refractivity contribution is -0.228. The van der Waals surface area contributed by atoms with Crippen LogP contribution in [0, 0.1) is 5.92 Å². The fourth-order valence-corrected chi connectivity index (χ4v) is 2.97. The van der Waals surface area contributed by atoms with Gasteiger partial charge in [0.2, 0.25) is 0 Å². The van der Waals surface area contributed by atoms with Crippen LogP contribution in [0.4, 0.5) is 0 Å². The first-order chi connectivity index (χ1) is 7.68. The van der Waals surface area contributed by atoms with Gasteiger partial charge in [-0.05, 0) is 33.1 Å². The highest BCUT2D eigenvalue weighted by Crippen LogP contribution is 2.45. The first-order valence-electron chi connectivity index (χ1n) is 6.52. The van der Waals surface area contributed by atoms with Gasteiger partial charge in [-0.1, -0.05) is 6.42 Å². The molecule has 3 nitrogen and oxygen atoms in total. The van der Waals surface area contributed by atoms with E-state index in [0.717, 1.165) is 19.4 Å². The Kier molecular flexibility index (Phi) is 3.88. The molecule has 2 aliphatic rings. The first-order valence-corrected chi connectivity index (χ1v) is 6.52. The highest BCUT2D eigenvalue weighted by atomic mass is 16.8. The number of hydrogen-bond donors (Lipinski definition) is 0. The van der Waals surface area contributed by atoms with Gasteiger partial charge >= 0.3 is 0 Å². The van der Waals surface area contributed by atoms with Crippen LogP contribution in [0.25, 0.3) is 0 Å². The average molecular weight is 228 g/mol. The van der Waals surface area contributed by atoms with E-state index in [1.165, 1.54) is 19.3 Å². The van der Waals surface area contributed by atoms with Crippen molar-refractivity contribution in [3.05, 3.63) is 0 Å². The van der Waals surface area contributed by atoms with E-state index in [-0.39, 0.29) is 18.0 Å². The maximum atomic E-state index is 6.13. The Bertz CT molecular complexity index is 219. The van der Waals surface area contributed by atoms with Crippen molar-refractivity contribution in [1.29, 1.82) is 0 Å². The molecule has 1 aliphatic heterocycles. The van der Waals surface area contributed by atoms with Crippen molar-refractivity contribution in [2.24, 2.45) is 5.92 Å². The Morgan fingerprint density at radius 2 is 1.88 bits per heavy atom. The number of hydrogen-bond acceptors (Lipinski definition) is 3. The summed E-state index contributed by atoms with van der Waals surface area (Å²) in [7, 11) is 1.76. The summed E-state index contributed by atoms with van der Waals surface area (Å²) >= 11 is 0. The summed E-state index contributed by atoms with van der Waals surface area (Å²) in [4.78, 5) is 0. The largest absolute Gasteiger partial charge is 0.385 e. The Morgan fingerprint density at radius 3 is 2.50 bits per heavy atom. The zero-order valence-electron chi connectivity index (χ0n) is 10.7. The molecule has 3 atom stereocenters. The second-order valence-corrected chi connectivity index (χ2v) is 5.18. The van der Waals surface area contributed by atoms with Gasteiger partial charge in [-0.3, -0.25) is 0 Å². The summed E-state index contributed by atoms with van der Waals surface area (Å²) in [6.45, 7) is 5.03. The Labute approximate surface area is 98.4 Å². The maximum Gasteiger partial charge on any atom is 0.172 e. The molecular weight excluding hydrogens is 204 g/mol. The predicted octanol–water partition coefficient (Wildman–Crippen LogP) is 2.73. The molecule has 1 aliphatic carbocycles. The highest BCUT2D eigenvalue weighted by Gasteiger charge is 2.50. The number of methoxy groups -OCH3 is 1. The molecule has 0 amide bonds. The van der Waals surface area contributed by atoms with Gasteiger partial charge in [0.25, 0.3) is 0 Å². The normalized spacial score (nSPS) is 44.1. The van der Waals surface area contributed by atoms with Crippen LogP contribution in [0.1, 0.15) is 46.0 Å². The van der Waals surface area contributed by atoms with Crippen LogP contribution in [-0.4, -0.2) is 31.7 Å². The van der Waals surface area contributed by atoms with Gasteiger partial charge in [-0.2, -0.15) is 0 Å². The molecule has 1 saturated heterocycles. The molecule has 2 fully saturated rings. The topological polar surface area (TPSA) is 27.7 Å². The summed E-state index contributed by atoms with van der Waals surface area (Å²) in [5, 5.41) is 0. The molecule has 0 N–H and O–H groups in total. The maximum absolute atomic E-state index is 6.13. The highest BCUT2D eigenvalue weighted by molar-refractivity contribution is 4.90. The third-order valence-corrected chi connectivity index (χ3v) is 4.05. The molecule has 0 aromatic carbocycles. The van der Waals surface area contributed by atoms with E-state index in [0.29, 0.717) is 5.92 Å². The molecular formula is C13H24O3. The van der Waals surface area contributed by atoms with Gasteiger partial charge in [-0.15, -0.1) is 0 Å². The first kappa shape index (κ1) is 12.3. The summed E-state index contributed by atoms with van der Waals surface area (Å²) in [6.07, 6.45) is 6.29. The lowest BCUT2D eigenvalue weighted by Gasteiger charge is -2.39. The lowest BCUT2D eigenvalue weighted by atomic mass is 9.81. The molecule has 0 aromatic rings. The molecule has 94 valence electrons. The summed E-state index contributed by atoms with van der Waals surface area (Å²) in [6, 6.07) is 0. The van der Waals surface area contributed by atoms with Crippen molar-refractivity contribution >= 4 is 0 Å². The van der Waals surface area contributed by atoms with E-state index in [9.17, 15) is 0 Å². The number of rotatable bonds is 3. The molecule has 3 unspecified atom stereocenters. The van der Waals surface area contributed by atoms with Gasteiger partial charge in [0.15, 0.2) is 5.79 Å². The second-order valence-electron chi connectivity index (χ2n) is 5.18. The molecule has 2 rings (SSSR count). The molecule has 1 saturated carbocycles. The third kappa shape index (κ3) is 2.27. The van der Waals surface area contributed by atoms with Crippen LogP contribution in [0.5, 0.6) is 0 Å². The van der Waals surface area contributed by atoms with Gasteiger partial charge in [0.1, 0.15) is 0 Å². The van der Waals surface area contributed by atoms with Crippen LogP contribution in [0.2, 0.25) is 0 Å². The van der Waals surface area contributed by atoms with E-state index in [1.54, 1.807) is 7.11 Å². The third-order valence-electron chi connectivity index (χ3n) is 4.05. The van der Waals surface area contributed by atoms with E-state index >= 15 is 0 Å². The molecule has 0 bridgehead atoms. The minimum atomic E-state index is -0.296. The summed E-state index contributed by atoms with van der Waals surface area (Å²) in [5.74, 6) is 0.212. The zero-order chi connectivity index (χ0) is 11.6. The molecule has 0 aromatic heterocycles. The van der Waals surface area contributed by atoms with Crippen molar-refractivity contribution in [2.45, 2.75) is 63.9 Å². The van der Waals surface area contributed by atoms with E-state index in [2.05, 4.69) is 13.8 Å². The standard InChI is InChI=1S/C13H24O3/c1-10-11(2)16-13(15-10)8-5-4-6-12(13)7-9-14-3/h10-12H,4-9H2,1-3H3. The molecule has 1 heterocycles. The smallest absolute Gasteiger partial charge is 0.172 e. The van der Waals surface area contributed by atoms with Gasteiger partial charge in [0.05, 0.1) is 12.2 Å². The van der Waals surface area contributed by atoms with Gasteiger partial charge < -0.3 is 14.2 Å². The number of ether oxygens (including phenoxy) is 3. The van der Waals surface area contributed by atoms with Crippen LogP contribution < -0.4 is 0 Å². The molecule has 1 spiro atoms. The van der Waals surface area contributed by atoms with Crippen molar-refractivity contribution in [3.63, 3.8) is 0 Å². The quantitative estimate of drug-likeness (QED) is 0.743. The Morgan fingerprint density at radius 1 is 1.19 bits per heavy atom. The van der Waals surface area contributed by atoms with Gasteiger partial charge in [0, 0.05) is 26.1 Å². The minimum absolute atomic E-state index is 0.225. The molecule has 16 heavy (non-hydrogen) atoms. The average Bonchev–Trinajstić information content (AvgIpc) is 2.54. The fraction of sp³-hybridized carbons (Fsp3) is 1.00. The van der Waals surface area contributed by atoms with E-state index in [1.807, 2.05) is 0 Å². The second kappa shape index (κ2) is 5.03. The monoisotopic (exact) mass is 228 g/mol. The van der Waals surface area contributed by atoms with Crippen LogP contribution in [0.3, 0.4) is 0 Å². The van der Waals surface area contributed by atoms with Crippen molar-refractivity contribution in [3.8, 4) is 0 Å². The SMILES string of the molecule is COCCC1CCCCC12OC(C)C(C)O2. The Balaban J connectivity index is 2.03. The van der Waals surface area contributed by atoms with Crippen molar-refractivity contribution < 1.29 is 14.2 Å². The van der Waals surface area contributed by atoms with Crippen LogP contribution in [0.15, 0.2) is 0 Å². The van der Waals surface area contributed by atoms with Gasteiger partial charge in [-0.25, -0.2) is 0 Å². The predicted molar refractivity (Wildman–Crippen MR) is 62.3 cm³/mol. The van der Waals surface area contributed by atoms with Crippen LogP contribution in [-0.2, 0) is 14.2 Å². The lowest BCUT2D eigenvalue weighted by Crippen LogP contribution is -2.43. The van der Waals surface area contributed by atoms with Crippen molar-refractivity contribution in [2.75, 3.05) is 13.7 Å². The fourth-order valence-electron chi connectivity index (χ4n) is 2.97. The van der Waals surface area contributed by atoms with Crippen molar-refractivity contribution in [1.82, 2.24) is 0 Å². The zero-order valence-corrected chi connectivity index (χ0v) is 10.7. The molecule has 0 radical (unpaired) electrons. The summed E-state index contributed by atoms with van der Waals surface area (Å²) < 4.78 is 17.5. The van der Waals surface area contributed by atoms with Crippen LogP contribution >= 0.6 is 0 Å². The van der Waals surface area contributed by atoms with E-state index < -0.39 is 0 Å². The Hall–Kier alpha value is -0.120. The summed E-state index contributed by atoms with van der Waals surface area (Å²) in [5.41, 5.74) is 0.